The number of ether oxygens (including phenoxy) is 2. The van der Waals surface area contributed by atoms with Crippen molar-refractivity contribution in [1.29, 1.82) is 0 Å². The molecule has 0 unspecified atom stereocenters. The molecule has 3 aromatic rings. The van der Waals surface area contributed by atoms with Crippen LogP contribution in [0.1, 0.15) is 18.9 Å². The zero-order valence-electron chi connectivity index (χ0n) is 16.4. The Morgan fingerprint density at radius 3 is 2.62 bits per heavy atom. The Hall–Kier alpha value is -3.90. The van der Waals surface area contributed by atoms with Gasteiger partial charge >= 0.3 is 12.2 Å². The number of benzene rings is 2. The van der Waals surface area contributed by atoms with Gasteiger partial charge in [-0.1, -0.05) is 17.4 Å². The Morgan fingerprint density at radius 2 is 2.00 bits per heavy atom. The molecule has 2 aromatic carbocycles. The first-order valence-electron chi connectivity index (χ1n) is 9.23. The zero-order chi connectivity index (χ0) is 20.8. The van der Waals surface area contributed by atoms with Crippen LogP contribution in [0.15, 0.2) is 42.5 Å². The van der Waals surface area contributed by atoms with Crippen molar-refractivity contribution in [2.75, 3.05) is 19.0 Å². The fourth-order valence-electron chi connectivity index (χ4n) is 3.28. The third kappa shape index (κ3) is 4.02. The minimum Gasteiger partial charge on any atom is -0.497 e. The molecule has 0 aliphatic rings. The van der Waals surface area contributed by atoms with Gasteiger partial charge in [-0.3, -0.25) is 5.32 Å². The summed E-state index contributed by atoms with van der Waals surface area (Å²) in [5.74, 6) is 3.18. The number of methoxy groups -OCH3 is 1. The number of nitrogens with one attached hydrogen (secondary N) is 2. The monoisotopic (exact) mass is 388 g/mol. The molecule has 29 heavy (non-hydrogen) atoms. The number of hydrogen-bond donors (Lipinski definition) is 2. The number of carbonyl (C=O) groups excluding carboxylic acids is 1. The molecule has 3 rings (SSSR count). The summed E-state index contributed by atoms with van der Waals surface area (Å²) >= 11 is 0. The lowest BCUT2D eigenvalue weighted by Crippen LogP contribution is -2.17. The van der Waals surface area contributed by atoms with Crippen molar-refractivity contribution < 1.29 is 19.5 Å². The average Bonchev–Trinajstić information content (AvgIpc) is 3.07. The summed E-state index contributed by atoms with van der Waals surface area (Å²) in [7, 11) is 1.63. The van der Waals surface area contributed by atoms with Crippen LogP contribution in [-0.4, -0.2) is 24.4 Å². The van der Waals surface area contributed by atoms with Gasteiger partial charge in [-0.25, -0.2) is 4.79 Å². The second-order valence-electron chi connectivity index (χ2n) is 6.27. The first kappa shape index (κ1) is 19.9. The summed E-state index contributed by atoms with van der Waals surface area (Å²) in [6.45, 7) is 2.96. The highest BCUT2D eigenvalue weighted by atomic mass is 16.5. The fourth-order valence-corrected chi connectivity index (χ4v) is 3.28. The van der Waals surface area contributed by atoms with E-state index in [1.807, 2.05) is 30.3 Å². The molecule has 0 saturated carbocycles. The maximum absolute atomic E-state index is 11.8. The van der Waals surface area contributed by atoms with E-state index >= 15 is 0 Å². The first-order valence-corrected chi connectivity index (χ1v) is 9.23. The van der Waals surface area contributed by atoms with Crippen LogP contribution >= 0.6 is 0 Å². The Labute approximate surface area is 169 Å². The quantitative estimate of drug-likeness (QED) is 0.503. The summed E-state index contributed by atoms with van der Waals surface area (Å²) in [6.07, 6.45) is 4.97. The van der Waals surface area contributed by atoms with E-state index < -0.39 is 6.09 Å². The van der Waals surface area contributed by atoms with Gasteiger partial charge in [-0.2, -0.15) is 0 Å². The maximum Gasteiger partial charge on any atom is 0.411 e. The molecule has 1 aromatic heterocycles. The highest BCUT2D eigenvalue weighted by molar-refractivity contribution is 5.95. The van der Waals surface area contributed by atoms with E-state index in [-0.39, 0.29) is 6.61 Å². The summed E-state index contributed by atoms with van der Waals surface area (Å²) < 4.78 is 12.5. The van der Waals surface area contributed by atoms with E-state index in [9.17, 15) is 4.79 Å². The van der Waals surface area contributed by atoms with Crippen molar-refractivity contribution >= 4 is 22.7 Å². The molecule has 6 heteroatoms. The molecule has 1 amide bonds. The SMILES string of the molecule is C#CCCOC(=O)Nc1ccc(-c2c(C#[NH+])c3ccc(OC)cc3n2CC)cc1. The molecule has 0 fully saturated rings. The molecule has 1 heterocycles. The highest BCUT2D eigenvalue weighted by Crippen LogP contribution is 2.35. The lowest BCUT2D eigenvalue weighted by atomic mass is 10.1. The van der Waals surface area contributed by atoms with Gasteiger partial charge in [0.2, 0.25) is 0 Å². The van der Waals surface area contributed by atoms with Crippen molar-refractivity contribution in [2.24, 2.45) is 0 Å². The summed E-state index contributed by atoms with van der Waals surface area (Å²) in [4.78, 5) is 11.8. The molecule has 0 aliphatic heterocycles. The van der Waals surface area contributed by atoms with Crippen molar-refractivity contribution in [3.8, 4) is 35.4 Å². The van der Waals surface area contributed by atoms with Crippen molar-refractivity contribution in [3.05, 3.63) is 48.0 Å². The minimum atomic E-state index is -0.545. The smallest absolute Gasteiger partial charge is 0.411 e. The first-order chi connectivity index (χ1) is 14.1. The summed E-state index contributed by atoms with van der Waals surface area (Å²) in [6, 6.07) is 15.8. The molecular formula is C23H22N3O3+. The second kappa shape index (κ2) is 8.86. The van der Waals surface area contributed by atoms with Crippen LogP contribution in [0.5, 0.6) is 5.75 Å². The minimum absolute atomic E-state index is 0.180. The molecule has 0 spiro atoms. The molecule has 0 aliphatic carbocycles. The normalized spacial score (nSPS) is 10.2. The number of fused-ring (bicyclic) bond motifs is 1. The lowest BCUT2D eigenvalue weighted by molar-refractivity contribution is -0.0908. The predicted molar refractivity (Wildman–Crippen MR) is 112 cm³/mol. The van der Waals surface area contributed by atoms with E-state index in [1.165, 1.54) is 0 Å². The Bertz CT molecular complexity index is 1120. The number of hydrogen-bond acceptors (Lipinski definition) is 3. The molecule has 0 atom stereocenters. The van der Waals surface area contributed by atoms with Gasteiger partial charge < -0.3 is 14.0 Å². The van der Waals surface area contributed by atoms with Crippen LogP contribution in [0.4, 0.5) is 10.5 Å². The van der Waals surface area contributed by atoms with Gasteiger partial charge in [0, 0.05) is 30.1 Å². The number of carbonyl (C=O) groups is 1. The van der Waals surface area contributed by atoms with E-state index in [1.54, 1.807) is 19.2 Å². The summed E-state index contributed by atoms with van der Waals surface area (Å²) in [5.41, 5.74) is 4.13. The van der Waals surface area contributed by atoms with Crippen LogP contribution in [0, 0.1) is 18.4 Å². The second-order valence-corrected chi connectivity index (χ2v) is 6.27. The topological polar surface area (TPSA) is 76.3 Å². The van der Waals surface area contributed by atoms with Gasteiger partial charge in [0.05, 0.1) is 18.3 Å². The average molecular weight is 388 g/mol. The number of aromatic nitrogens is 1. The number of terminal acetylenes is 1. The predicted octanol–water partition coefficient (Wildman–Crippen LogP) is 3.03. The zero-order valence-corrected chi connectivity index (χ0v) is 16.4. The maximum atomic E-state index is 11.8. The van der Waals surface area contributed by atoms with Crippen molar-refractivity contribution in [1.82, 2.24) is 4.57 Å². The van der Waals surface area contributed by atoms with Crippen molar-refractivity contribution in [2.45, 2.75) is 19.9 Å². The molecule has 146 valence electrons. The molecular weight excluding hydrogens is 366 g/mol. The standard InChI is InChI=1S/C23H21N3O3/c1-4-6-13-29-23(27)25-17-9-7-16(8-10-17)22-20(15-24)19-12-11-18(28-3)14-21(19)26(22)5-2/h1,7-12,14H,5-6,13H2,2-3H3,(H,25,27)/p+1. The number of nitrogens with zero attached hydrogens (tertiary/aromatic N) is 1. The van der Waals surface area contributed by atoms with Crippen LogP contribution < -0.4 is 15.3 Å². The van der Waals surface area contributed by atoms with Gasteiger partial charge in [-0.15, -0.1) is 12.3 Å². The third-order valence-electron chi connectivity index (χ3n) is 4.60. The molecule has 0 bridgehead atoms. The molecule has 0 radical (unpaired) electrons. The highest BCUT2D eigenvalue weighted by Gasteiger charge is 2.20. The van der Waals surface area contributed by atoms with Crippen molar-refractivity contribution in [3.63, 3.8) is 0 Å². The number of amides is 1. The Balaban J connectivity index is 1.95. The number of aryl methyl sites for hydroxylation is 1. The number of anilines is 1. The van der Waals surface area contributed by atoms with Crippen LogP contribution in [0.2, 0.25) is 0 Å². The third-order valence-corrected chi connectivity index (χ3v) is 4.60. The van der Waals surface area contributed by atoms with E-state index in [0.29, 0.717) is 12.1 Å². The summed E-state index contributed by atoms with van der Waals surface area (Å²) in [5, 5.41) is 11.5. The molecule has 0 saturated heterocycles. The van der Waals surface area contributed by atoms with Crippen LogP contribution in [0.3, 0.4) is 0 Å². The Kier molecular flexibility index (Phi) is 6.06. The van der Waals surface area contributed by atoms with Gasteiger partial charge in [-0.05, 0) is 36.8 Å². The van der Waals surface area contributed by atoms with Gasteiger partial charge in [0.15, 0.2) is 0 Å². The van der Waals surface area contributed by atoms with E-state index in [2.05, 4.69) is 28.8 Å². The Morgan fingerprint density at radius 1 is 1.24 bits per heavy atom. The van der Waals surface area contributed by atoms with Crippen LogP contribution in [-0.2, 0) is 11.3 Å². The molecule has 2 N–H and O–H groups in total. The van der Waals surface area contributed by atoms with E-state index in [4.69, 9.17) is 21.2 Å². The largest absolute Gasteiger partial charge is 0.497 e. The van der Waals surface area contributed by atoms with Gasteiger partial charge in [0.1, 0.15) is 17.9 Å². The van der Waals surface area contributed by atoms with Gasteiger partial charge in [0.25, 0.3) is 0 Å². The lowest BCUT2D eigenvalue weighted by Gasteiger charge is -2.10. The fraction of sp³-hybridized carbons (Fsp3) is 0.217. The van der Waals surface area contributed by atoms with E-state index in [0.717, 1.165) is 40.0 Å². The van der Waals surface area contributed by atoms with Crippen LogP contribution in [0.25, 0.3) is 22.2 Å². The molecule has 6 nitrogen and oxygen atoms in total. The number of rotatable bonds is 6.